The fourth-order valence-corrected chi connectivity index (χ4v) is 1.95. The summed E-state index contributed by atoms with van der Waals surface area (Å²) in [7, 11) is 0. The van der Waals surface area contributed by atoms with Gasteiger partial charge in [0.2, 0.25) is 0 Å². The van der Waals surface area contributed by atoms with Crippen molar-refractivity contribution >= 4 is 0 Å². The van der Waals surface area contributed by atoms with Crippen molar-refractivity contribution < 1.29 is 0 Å². The molecule has 13 heavy (non-hydrogen) atoms. The Balaban J connectivity index is 0.000000671. The van der Waals surface area contributed by atoms with E-state index in [1.807, 2.05) is 20.0 Å². The molecule has 1 rings (SSSR count). The predicted molar refractivity (Wildman–Crippen MR) is 60.8 cm³/mol. The molecule has 1 aliphatic rings. The highest BCUT2D eigenvalue weighted by Gasteiger charge is 2.33. The Morgan fingerprint density at radius 2 is 1.85 bits per heavy atom. The molecule has 0 radical (unpaired) electrons. The van der Waals surface area contributed by atoms with Crippen molar-refractivity contribution in [3.63, 3.8) is 0 Å². The van der Waals surface area contributed by atoms with E-state index in [0.717, 1.165) is 0 Å². The Bertz CT molecular complexity index is 136. The quantitative estimate of drug-likeness (QED) is 0.645. The van der Waals surface area contributed by atoms with E-state index >= 15 is 0 Å². The number of rotatable bonds is 3. The molecule has 0 aromatic heterocycles. The third-order valence-electron chi connectivity index (χ3n) is 3.23. The minimum Gasteiger partial charge on any atom is -0.377 e. The Kier molecular flexibility index (Phi) is 5.85. The van der Waals surface area contributed by atoms with Gasteiger partial charge in [0.1, 0.15) is 0 Å². The standard InChI is InChI=1S/C10H19N.C2H6/c1-4-10(5-2)7-8-11(6-3)9-10;1-2/h6H,3-5,7-9H2,1-2H3;1-2H3. The molecule has 1 heteroatoms. The first-order valence-corrected chi connectivity index (χ1v) is 5.63. The summed E-state index contributed by atoms with van der Waals surface area (Å²) < 4.78 is 0. The summed E-state index contributed by atoms with van der Waals surface area (Å²) in [5.41, 5.74) is 0.605. The maximum Gasteiger partial charge on any atom is 0.0229 e. The van der Waals surface area contributed by atoms with E-state index in [4.69, 9.17) is 0 Å². The predicted octanol–water partition coefficient (Wildman–Crippen LogP) is 3.67. The molecule has 0 spiro atoms. The van der Waals surface area contributed by atoms with E-state index < -0.39 is 0 Å². The molecule has 0 aliphatic carbocycles. The average molecular weight is 183 g/mol. The fraction of sp³-hybridized carbons (Fsp3) is 0.833. The first-order valence-electron chi connectivity index (χ1n) is 5.63. The zero-order valence-corrected chi connectivity index (χ0v) is 9.77. The van der Waals surface area contributed by atoms with Gasteiger partial charge in [-0.05, 0) is 30.9 Å². The normalized spacial score (nSPS) is 19.2. The minimum atomic E-state index is 0.605. The van der Waals surface area contributed by atoms with Crippen LogP contribution in [0.15, 0.2) is 12.8 Å². The molecule has 0 aromatic carbocycles. The molecule has 1 saturated heterocycles. The van der Waals surface area contributed by atoms with Gasteiger partial charge < -0.3 is 4.90 Å². The van der Waals surface area contributed by atoms with Crippen LogP contribution in [-0.2, 0) is 0 Å². The van der Waals surface area contributed by atoms with E-state index in [0.29, 0.717) is 5.41 Å². The number of hydrogen-bond donors (Lipinski definition) is 0. The molecule has 1 nitrogen and oxygen atoms in total. The van der Waals surface area contributed by atoms with Crippen molar-refractivity contribution in [2.75, 3.05) is 13.1 Å². The van der Waals surface area contributed by atoms with Gasteiger partial charge in [-0.15, -0.1) is 0 Å². The van der Waals surface area contributed by atoms with Gasteiger partial charge in [-0.1, -0.05) is 34.3 Å². The van der Waals surface area contributed by atoms with Gasteiger partial charge in [-0.3, -0.25) is 0 Å². The molecule has 0 N–H and O–H groups in total. The van der Waals surface area contributed by atoms with Gasteiger partial charge in [-0.2, -0.15) is 0 Å². The lowest BCUT2D eigenvalue weighted by molar-refractivity contribution is 0.271. The molecule has 0 unspecified atom stereocenters. The first kappa shape index (κ1) is 12.5. The van der Waals surface area contributed by atoms with Gasteiger partial charge in [0.15, 0.2) is 0 Å². The molecule has 78 valence electrons. The van der Waals surface area contributed by atoms with Gasteiger partial charge in [0, 0.05) is 13.1 Å². The van der Waals surface area contributed by atoms with Crippen molar-refractivity contribution in [3.05, 3.63) is 12.8 Å². The lowest BCUT2D eigenvalue weighted by atomic mass is 9.82. The summed E-state index contributed by atoms with van der Waals surface area (Å²) in [6.07, 6.45) is 5.96. The second-order valence-corrected chi connectivity index (χ2v) is 3.61. The van der Waals surface area contributed by atoms with Crippen LogP contribution in [0.25, 0.3) is 0 Å². The van der Waals surface area contributed by atoms with Crippen molar-refractivity contribution in [1.82, 2.24) is 4.90 Å². The Labute approximate surface area is 83.8 Å². The molecule has 0 amide bonds. The van der Waals surface area contributed by atoms with Crippen LogP contribution in [0.5, 0.6) is 0 Å². The van der Waals surface area contributed by atoms with Crippen molar-refractivity contribution in [3.8, 4) is 0 Å². The fourth-order valence-electron chi connectivity index (χ4n) is 1.95. The second-order valence-electron chi connectivity index (χ2n) is 3.61. The molecule has 1 fully saturated rings. The smallest absolute Gasteiger partial charge is 0.0229 e. The Morgan fingerprint density at radius 1 is 1.31 bits per heavy atom. The lowest BCUT2D eigenvalue weighted by Crippen LogP contribution is -2.22. The number of nitrogens with zero attached hydrogens (tertiary/aromatic N) is 1. The van der Waals surface area contributed by atoms with Crippen LogP contribution < -0.4 is 0 Å². The molecular formula is C12H25N. The first-order chi connectivity index (χ1) is 6.26. The number of likely N-dealkylation sites (tertiary alicyclic amines) is 1. The highest BCUT2D eigenvalue weighted by Crippen LogP contribution is 2.36. The summed E-state index contributed by atoms with van der Waals surface area (Å²) >= 11 is 0. The average Bonchev–Trinajstić information content (AvgIpc) is 2.65. The maximum atomic E-state index is 3.80. The second kappa shape index (κ2) is 6.06. The van der Waals surface area contributed by atoms with Crippen LogP contribution in [-0.4, -0.2) is 18.0 Å². The van der Waals surface area contributed by atoms with Gasteiger partial charge in [-0.25, -0.2) is 0 Å². The third-order valence-corrected chi connectivity index (χ3v) is 3.23. The van der Waals surface area contributed by atoms with Crippen LogP contribution in [0.2, 0.25) is 0 Å². The summed E-state index contributed by atoms with van der Waals surface area (Å²) in [6.45, 7) is 14.8. The zero-order chi connectivity index (χ0) is 10.3. The summed E-state index contributed by atoms with van der Waals surface area (Å²) in [5.74, 6) is 0. The molecular weight excluding hydrogens is 158 g/mol. The van der Waals surface area contributed by atoms with E-state index in [2.05, 4.69) is 25.3 Å². The van der Waals surface area contributed by atoms with Crippen LogP contribution in [0, 0.1) is 5.41 Å². The topological polar surface area (TPSA) is 3.24 Å². The van der Waals surface area contributed by atoms with Crippen molar-refractivity contribution in [2.24, 2.45) is 5.41 Å². The minimum absolute atomic E-state index is 0.605. The van der Waals surface area contributed by atoms with Gasteiger partial charge >= 0.3 is 0 Å². The SMILES string of the molecule is C=CN1CCC(CC)(CC)C1.CC. The van der Waals surface area contributed by atoms with E-state index in [9.17, 15) is 0 Å². The molecule has 1 heterocycles. The highest BCUT2D eigenvalue weighted by molar-refractivity contribution is 4.91. The monoisotopic (exact) mass is 183 g/mol. The van der Waals surface area contributed by atoms with Crippen LogP contribution in [0.3, 0.4) is 0 Å². The maximum absolute atomic E-state index is 3.80. The van der Waals surface area contributed by atoms with E-state index in [1.54, 1.807) is 0 Å². The Morgan fingerprint density at radius 3 is 2.08 bits per heavy atom. The largest absolute Gasteiger partial charge is 0.377 e. The van der Waals surface area contributed by atoms with Gasteiger partial charge in [0.05, 0.1) is 0 Å². The third kappa shape index (κ3) is 3.06. The highest BCUT2D eigenvalue weighted by atomic mass is 15.1. The summed E-state index contributed by atoms with van der Waals surface area (Å²) in [6, 6.07) is 0. The molecule has 0 aromatic rings. The van der Waals surface area contributed by atoms with E-state index in [-0.39, 0.29) is 0 Å². The zero-order valence-electron chi connectivity index (χ0n) is 9.77. The van der Waals surface area contributed by atoms with Gasteiger partial charge in [0.25, 0.3) is 0 Å². The van der Waals surface area contributed by atoms with Crippen LogP contribution >= 0.6 is 0 Å². The Hall–Kier alpha value is -0.460. The molecule has 0 saturated carbocycles. The lowest BCUT2D eigenvalue weighted by Gasteiger charge is -2.25. The van der Waals surface area contributed by atoms with E-state index in [1.165, 1.54) is 32.4 Å². The summed E-state index contributed by atoms with van der Waals surface area (Å²) in [4.78, 5) is 2.34. The van der Waals surface area contributed by atoms with Crippen LogP contribution in [0.4, 0.5) is 0 Å². The molecule has 0 bridgehead atoms. The molecule has 0 atom stereocenters. The van der Waals surface area contributed by atoms with Crippen molar-refractivity contribution in [2.45, 2.75) is 47.0 Å². The van der Waals surface area contributed by atoms with Crippen molar-refractivity contribution in [1.29, 1.82) is 0 Å². The number of hydrogen-bond acceptors (Lipinski definition) is 1. The summed E-state index contributed by atoms with van der Waals surface area (Å²) in [5, 5.41) is 0. The molecule has 1 aliphatic heterocycles. The van der Waals surface area contributed by atoms with Crippen LogP contribution in [0.1, 0.15) is 47.0 Å².